The minimum atomic E-state index is -5.71. The second-order valence-corrected chi connectivity index (χ2v) is 3.77. The number of hydrogen-bond acceptors (Lipinski definition) is 1. The molecule has 21 heavy (non-hydrogen) atoms. The van der Waals surface area contributed by atoms with Crippen LogP contribution >= 0.6 is 11.6 Å². The molecule has 0 aromatic heterocycles. The maximum atomic E-state index is 13.3. The van der Waals surface area contributed by atoms with E-state index in [2.05, 4.69) is 11.6 Å². The van der Waals surface area contributed by atoms with Gasteiger partial charge in [0.15, 0.2) is 23.3 Å². The molecule has 0 unspecified atom stereocenters. The van der Waals surface area contributed by atoms with E-state index >= 15 is 0 Å². The molecule has 0 aliphatic carbocycles. The lowest BCUT2D eigenvalue weighted by Gasteiger charge is -2.17. The molecule has 0 heterocycles. The second-order valence-electron chi connectivity index (χ2n) is 3.43. The number of hydrogen-bond donors (Lipinski definition) is 0. The summed E-state index contributed by atoms with van der Waals surface area (Å²) in [5, 5.41) is -2.08. The maximum absolute atomic E-state index is 13.3. The summed E-state index contributed by atoms with van der Waals surface area (Å²) < 4.78 is 115. The first-order valence-corrected chi connectivity index (χ1v) is 4.97. The summed E-state index contributed by atoms with van der Waals surface area (Å²) in [7, 11) is 0. The van der Waals surface area contributed by atoms with Gasteiger partial charge >= 0.3 is 12.0 Å². The normalized spacial score (nSPS) is 11.5. The highest BCUT2D eigenvalue weighted by Crippen LogP contribution is 2.43. The summed E-state index contributed by atoms with van der Waals surface area (Å²) in [5.41, 5.74) is -5.01. The van der Waals surface area contributed by atoms with Gasteiger partial charge in [-0.2, -0.15) is 22.0 Å². The van der Waals surface area contributed by atoms with Crippen LogP contribution in [-0.2, 0) is 5.92 Å². The van der Waals surface area contributed by atoms with E-state index in [1.165, 1.54) is 0 Å². The Morgan fingerprint density at radius 1 is 0.857 bits per heavy atom. The van der Waals surface area contributed by atoms with Crippen LogP contribution in [0.3, 0.4) is 0 Å². The first kappa shape index (κ1) is 17.3. The summed E-state index contributed by atoms with van der Waals surface area (Å²) >= 11 is 4.59. The second kappa shape index (κ2) is 5.58. The van der Waals surface area contributed by atoms with Crippen molar-refractivity contribution < 1.29 is 44.3 Å². The Hall–Kier alpha value is -1.71. The molecule has 0 fully saturated rings. The number of benzene rings is 1. The number of halogens is 10. The van der Waals surface area contributed by atoms with Crippen LogP contribution < -0.4 is 0 Å². The number of carbonyl (C=O) groups excluding carboxylic acids is 1. The monoisotopic (exact) mass is 342 g/mol. The van der Waals surface area contributed by atoms with Crippen molar-refractivity contribution in [2.45, 2.75) is 5.92 Å². The average molecular weight is 343 g/mol. The minimum Gasteiger partial charge on any atom is -0.275 e. The van der Waals surface area contributed by atoms with Crippen LogP contribution in [0, 0.1) is 23.3 Å². The molecule has 1 rings (SSSR count). The third-order valence-corrected chi connectivity index (χ3v) is 2.40. The summed E-state index contributed by atoms with van der Waals surface area (Å²) in [6.07, 6.45) is -3.66. The molecule has 0 radical (unpaired) electrons. The van der Waals surface area contributed by atoms with E-state index in [1.54, 1.807) is 0 Å². The average Bonchev–Trinajstić information content (AvgIpc) is 2.35. The zero-order valence-corrected chi connectivity index (χ0v) is 9.94. The number of alkyl halides is 2. The van der Waals surface area contributed by atoms with Crippen LogP contribution in [0.2, 0.25) is 0 Å². The molecular formula is C10ClF9O. The van der Waals surface area contributed by atoms with Gasteiger partial charge in [-0.1, -0.05) is 0 Å². The molecule has 0 bridgehead atoms. The Kier molecular flexibility index (Phi) is 4.61. The SMILES string of the molecule is O=C(Cl)c1c(F)c(F)c(C(F)(F)C(F)=C(F)F)c(F)c1F. The number of rotatable bonds is 3. The highest BCUT2D eigenvalue weighted by molar-refractivity contribution is 6.67. The molecule has 1 nitrogen and oxygen atoms in total. The Bertz CT molecular complexity index is 619. The molecule has 0 N–H and O–H groups in total. The van der Waals surface area contributed by atoms with E-state index in [1.807, 2.05) is 0 Å². The highest BCUT2D eigenvalue weighted by Gasteiger charge is 2.48. The number of allylic oxidation sites excluding steroid dienone is 1. The van der Waals surface area contributed by atoms with E-state index < -0.39 is 57.5 Å². The van der Waals surface area contributed by atoms with Crippen molar-refractivity contribution in [1.29, 1.82) is 0 Å². The minimum absolute atomic E-state index is 2.06. The van der Waals surface area contributed by atoms with Crippen molar-refractivity contribution in [3.63, 3.8) is 0 Å². The topological polar surface area (TPSA) is 17.1 Å². The molecule has 0 spiro atoms. The summed E-state index contributed by atoms with van der Waals surface area (Å²) in [4.78, 5) is 10.6. The zero-order valence-electron chi connectivity index (χ0n) is 9.19. The van der Waals surface area contributed by atoms with Crippen molar-refractivity contribution in [1.82, 2.24) is 0 Å². The highest BCUT2D eigenvalue weighted by atomic mass is 35.5. The van der Waals surface area contributed by atoms with E-state index in [4.69, 9.17) is 0 Å². The lowest BCUT2D eigenvalue weighted by Crippen LogP contribution is -2.23. The molecule has 0 saturated heterocycles. The van der Waals surface area contributed by atoms with Gasteiger partial charge in [0, 0.05) is 0 Å². The van der Waals surface area contributed by atoms with E-state index in [0.29, 0.717) is 0 Å². The standard InChI is InChI=1S/C10ClF9O/c11-8(21)1-3(12)5(14)2(6(15)4(1)13)10(19,20)7(16)9(17)18. The molecule has 0 aliphatic heterocycles. The Morgan fingerprint density at radius 3 is 1.52 bits per heavy atom. The Balaban J connectivity index is 3.84. The lowest BCUT2D eigenvalue weighted by atomic mass is 10.0. The lowest BCUT2D eigenvalue weighted by molar-refractivity contribution is -0.00233. The predicted molar refractivity (Wildman–Crippen MR) is 50.7 cm³/mol. The maximum Gasteiger partial charge on any atom is 0.335 e. The molecule has 0 saturated carbocycles. The number of carbonyl (C=O) groups is 1. The molecule has 1 aromatic rings. The van der Waals surface area contributed by atoms with Crippen LogP contribution in [0.1, 0.15) is 15.9 Å². The van der Waals surface area contributed by atoms with E-state index in [0.717, 1.165) is 0 Å². The van der Waals surface area contributed by atoms with Gasteiger partial charge in [0.05, 0.1) is 0 Å². The zero-order chi connectivity index (χ0) is 16.7. The van der Waals surface area contributed by atoms with Gasteiger partial charge in [0.25, 0.3) is 5.24 Å². The molecule has 0 atom stereocenters. The van der Waals surface area contributed by atoms with Gasteiger partial charge in [-0.3, -0.25) is 4.79 Å². The van der Waals surface area contributed by atoms with Crippen molar-refractivity contribution >= 4 is 16.8 Å². The van der Waals surface area contributed by atoms with Gasteiger partial charge in [-0.05, 0) is 11.6 Å². The van der Waals surface area contributed by atoms with Crippen LogP contribution in [-0.4, -0.2) is 5.24 Å². The summed E-state index contributed by atoms with van der Waals surface area (Å²) in [6.45, 7) is 0. The van der Waals surface area contributed by atoms with E-state index in [9.17, 15) is 44.3 Å². The smallest absolute Gasteiger partial charge is 0.275 e. The van der Waals surface area contributed by atoms with Gasteiger partial charge in [0.1, 0.15) is 11.1 Å². The van der Waals surface area contributed by atoms with Crippen molar-refractivity contribution in [3.05, 3.63) is 46.3 Å². The largest absolute Gasteiger partial charge is 0.335 e. The first-order chi connectivity index (χ1) is 9.44. The van der Waals surface area contributed by atoms with Gasteiger partial charge in [-0.15, -0.1) is 0 Å². The predicted octanol–water partition coefficient (Wildman–Crippen LogP) is 4.79. The van der Waals surface area contributed by atoms with Gasteiger partial charge in [-0.25, -0.2) is 17.6 Å². The third kappa shape index (κ3) is 2.71. The fourth-order valence-electron chi connectivity index (χ4n) is 1.31. The van der Waals surface area contributed by atoms with Crippen LogP contribution in [0.5, 0.6) is 0 Å². The molecular weight excluding hydrogens is 343 g/mol. The fourth-order valence-corrected chi connectivity index (χ4v) is 1.47. The first-order valence-electron chi connectivity index (χ1n) is 4.59. The summed E-state index contributed by atoms with van der Waals surface area (Å²) in [6, 6.07) is 0. The quantitative estimate of drug-likeness (QED) is 0.438. The van der Waals surface area contributed by atoms with Gasteiger partial charge < -0.3 is 0 Å². The van der Waals surface area contributed by atoms with E-state index in [-0.39, 0.29) is 0 Å². The van der Waals surface area contributed by atoms with Crippen LogP contribution in [0.4, 0.5) is 39.5 Å². The molecule has 1 aromatic carbocycles. The molecule has 116 valence electrons. The summed E-state index contributed by atoms with van der Waals surface area (Å²) in [5.74, 6) is -20.5. The van der Waals surface area contributed by atoms with Crippen LogP contribution in [0.15, 0.2) is 11.9 Å². The fraction of sp³-hybridized carbons (Fsp3) is 0.100. The molecule has 0 aliphatic rings. The Labute approximate surface area is 114 Å². The van der Waals surface area contributed by atoms with Crippen molar-refractivity contribution in [2.75, 3.05) is 0 Å². The Morgan fingerprint density at radius 2 is 1.24 bits per heavy atom. The van der Waals surface area contributed by atoms with Crippen molar-refractivity contribution in [2.24, 2.45) is 0 Å². The molecule has 11 heteroatoms. The third-order valence-electron chi connectivity index (χ3n) is 2.22. The van der Waals surface area contributed by atoms with Crippen LogP contribution in [0.25, 0.3) is 0 Å². The van der Waals surface area contributed by atoms with Crippen molar-refractivity contribution in [3.8, 4) is 0 Å². The molecule has 0 amide bonds. The van der Waals surface area contributed by atoms with Gasteiger partial charge in [0.2, 0.25) is 5.83 Å².